The Morgan fingerprint density at radius 1 is 0.608 bits per heavy atom. The highest BCUT2D eigenvalue weighted by Gasteiger charge is 2.24. The van der Waals surface area contributed by atoms with E-state index in [1.165, 1.54) is 148 Å². The number of hydrogen-bond donors (Lipinski definition) is 2. The van der Waals surface area contributed by atoms with Crippen molar-refractivity contribution in [2.45, 2.75) is 225 Å². The average Bonchev–Trinajstić information content (AvgIpc) is 3.07. The van der Waals surface area contributed by atoms with Crippen LogP contribution in [0.4, 0.5) is 0 Å². The molecule has 0 fully saturated rings. The molecule has 2 N–H and O–H groups in total. The first-order chi connectivity index (χ1) is 24.5. The average molecular weight is 747 g/mol. The summed E-state index contributed by atoms with van der Waals surface area (Å²) >= 11 is 0. The molecule has 0 rings (SSSR count). The number of phosphoric acid groups is 1. The monoisotopic (exact) mass is 747 g/mol. The van der Waals surface area contributed by atoms with Crippen molar-refractivity contribution in [2.75, 3.05) is 40.9 Å². The van der Waals surface area contributed by atoms with Crippen LogP contribution in [0.2, 0.25) is 0 Å². The summed E-state index contributed by atoms with van der Waals surface area (Å²) < 4.78 is 23.2. The van der Waals surface area contributed by atoms with E-state index in [9.17, 15) is 19.4 Å². The van der Waals surface area contributed by atoms with Crippen molar-refractivity contribution in [3.8, 4) is 0 Å². The number of aliphatic hydroxyl groups excluding tert-OH is 1. The molecule has 0 aromatic rings. The highest BCUT2D eigenvalue weighted by atomic mass is 31.2. The molecule has 9 heteroatoms. The van der Waals surface area contributed by atoms with Gasteiger partial charge >= 0.3 is 0 Å². The highest BCUT2D eigenvalue weighted by molar-refractivity contribution is 7.45. The number of rotatable bonds is 40. The maximum atomic E-state index is 12.8. The first kappa shape index (κ1) is 50.5. The van der Waals surface area contributed by atoms with E-state index in [1.54, 1.807) is 0 Å². The fourth-order valence-electron chi connectivity index (χ4n) is 6.57. The van der Waals surface area contributed by atoms with Crippen molar-refractivity contribution >= 4 is 13.7 Å². The molecule has 3 atom stereocenters. The van der Waals surface area contributed by atoms with Crippen LogP contribution in [0.1, 0.15) is 213 Å². The number of nitrogens with zero attached hydrogens (tertiary/aromatic N) is 1. The lowest BCUT2D eigenvalue weighted by atomic mass is 10.0. The zero-order chi connectivity index (χ0) is 37.9. The molecule has 51 heavy (non-hydrogen) atoms. The lowest BCUT2D eigenvalue weighted by Crippen LogP contribution is -2.46. The zero-order valence-corrected chi connectivity index (χ0v) is 35.5. The summed E-state index contributed by atoms with van der Waals surface area (Å²) in [6, 6.07) is -0.791. The summed E-state index contributed by atoms with van der Waals surface area (Å²) in [5, 5.41) is 13.9. The quantitative estimate of drug-likeness (QED) is 0.0367. The van der Waals surface area contributed by atoms with Crippen molar-refractivity contribution in [1.82, 2.24) is 5.32 Å². The van der Waals surface area contributed by atoms with Crippen LogP contribution in [0.15, 0.2) is 0 Å². The van der Waals surface area contributed by atoms with E-state index >= 15 is 0 Å². The van der Waals surface area contributed by atoms with Crippen LogP contribution in [0.25, 0.3) is 0 Å². The van der Waals surface area contributed by atoms with E-state index < -0.39 is 20.0 Å². The third kappa shape index (κ3) is 37.6. The normalized spacial score (nSPS) is 14.4. The molecule has 306 valence electrons. The zero-order valence-electron chi connectivity index (χ0n) is 34.6. The van der Waals surface area contributed by atoms with Gasteiger partial charge in [0.25, 0.3) is 7.82 Å². The van der Waals surface area contributed by atoms with Gasteiger partial charge in [-0.25, -0.2) is 0 Å². The summed E-state index contributed by atoms with van der Waals surface area (Å²) in [6.07, 6.45) is 36.7. The fourth-order valence-corrected chi connectivity index (χ4v) is 7.29. The SMILES string of the molecule is CCCCCCCCCCCCCCCCCCCC(=O)N[C@@H](COP(=O)([O-])OCC[N+](C)(C)C)[C@H](O)CCCCCCCCCCCCCC. The van der Waals surface area contributed by atoms with Crippen LogP contribution in [0, 0.1) is 0 Å². The van der Waals surface area contributed by atoms with E-state index in [4.69, 9.17) is 9.05 Å². The van der Waals surface area contributed by atoms with Crippen LogP contribution < -0.4 is 10.2 Å². The lowest BCUT2D eigenvalue weighted by molar-refractivity contribution is -0.870. The van der Waals surface area contributed by atoms with Gasteiger partial charge in [0.05, 0.1) is 39.9 Å². The Hall–Kier alpha value is -0.500. The van der Waals surface area contributed by atoms with Gasteiger partial charge in [0.15, 0.2) is 0 Å². The molecule has 8 nitrogen and oxygen atoms in total. The van der Waals surface area contributed by atoms with E-state index in [-0.39, 0.29) is 19.1 Å². The number of carbonyl (C=O) groups excluding carboxylic acids is 1. The fraction of sp³-hybridized carbons (Fsp3) is 0.976. The minimum absolute atomic E-state index is 0.0159. The molecule has 0 heterocycles. The molecule has 0 saturated carbocycles. The Bertz CT molecular complexity index is 809. The predicted molar refractivity (Wildman–Crippen MR) is 215 cm³/mol. The number of amides is 1. The second-order valence-electron chi connectivity index (χ2n) is 16.4. The Labute approximate surface area is 317 Å². The summed E-state index contributed by atoms with van der Waals surface area (Å²) in [5.41, 5.74) is 0. The molecule has 0 saturated heterocycles. The lowest BCUT2D eigenvalue weighted by Gasteiger charge is -2.30. The topological polar surface area (TPSA) is 108 Å². The van der Waals surface area contributed by atoms with Gasteiger partial charge in [0.2, 0.25) is 5.91 Å². The number of likely N-dealkylation sites (N-methyl/N-ethyl adjacent to an activating group) is 1. The number of quaternary nitrogens is 1. The number of hydrogen-bond acceptors (Lipinski definition) is 6. The molecule has 0 aliphatic carbocycles. The first-order valence-corrected chi connectivity index (χ1v) is 23.3. The van der Waals surface area contributed by atoms with Crippen molar-refractivity contribution in [2.24, 2.45) is 0 Å². The maximum absolute atomic E-state index is 12.8. The molecule has 0 aliphatic rings. The molecule has 0 bridgehead atoms. The van der Waals surface area contributed by atoms with Gasteiger partial charge in [-0.3, -0.25) is 9.36 Å². The number of nitrogens with one attached hydrogen (secondary N) is 1. The summed E-state index contributed by atoms with van der Waals surface area (Å²) in [7, 11) is 1.32. The Balaban J connectivity index is 4.31. The van der Waals surface area contributed by atoms with Gasteiger partial charge in [-0.2, -0.15) is 0 Å². The van der Waals surface area contributed by atoms with Crippen LogP contribution in [0.3, 0.4) is 0 Å². The van der Waals surface area contributed by atoms with E-state index in [0.29, 0.717) is 23.9 Å². The number of phosphoric ester groups is 1. The Morgan fingerprint density at radius 2 is 0.961 bits per heavy atom. The van der Waals surface area contributed by atoms with Crippen molar-refractivity contribution < 1.29 is 32.9 Å². The first-order valence-electron chi connectivity index (χ1n) is 21.9. The van der Waals surface area contributed by atoms with Gasteiger partial charge in [0.1, 0.15) is 13.2 Å². The van der Waals surface area contributed by atoms with Crippen LogP contribution in [-0.4, -0.2) is 68.5 Å². The second kappa shape index (κ2) is 35.2. The van der Waals surface area contributed by atoms with Gasteiger partial charge in [0, 0.05) is 6.42 Å². The Morgan fingerprint density at radius 3 is 1.33 bits per heavy atom. The van der Waals surface area contributed by atoms with E-state index in [2.05, 4.69) is 19.2 Å². The third-order valence-electron chi connectivity index (χ3n) is 10.1. The molecule has 0 aliphatic heterocycles. The number of carbonyl (C=O) groups is 1. The van der Waals surface area contributed by atoms with Crippen molar-refractivity contribution in [3.63, 3.8) is 0 Å². The predicted octanol–water partition coefficient (Wildman–Crippen LogP) is 11.2. The van der Waals surface area contributed by atoms with Crippen LogP contribution >= 0.6 is 7.82 Å². The van der Waals surface area contributed by atoms with Crippen molar-refractivity contribution in [3.05, 3.63) is 0 Å². The minimum Gasteiger partial charge on any atom is -0.756 e. The highest BCUT2D eigenvalue weighted by Crippen LogP contribution is 2.38. The van der Waals surface area contributed by atoms with Crippen molar-refractivity contribution in [1.29, 1.82) is 0 Å². The summed E-state index contributed by atoms with van der Waals surface area (Å²) in [5.74, 6) is -0.162. The smallest absolute Gasteiger partial charge is 0.268 e. The number of unbranched alkanes of at least 4 members (excludes halogenated alkanes) is 27. The van der Waals surface area contributed by atoms with Crippen LogP contribution in [0.5, 0.6) is 0 Å². The Kier molecular flexibility index (Phi) is 34.9. The molecule has 0 spiro atoms. The van der Waals surface area contributed by atoms with Gasteiger partial charge < -0.3 is 28.8 Å². The second-order valence-corrected chi connectivity index (χ2v) is 17.8. The van der Waals surface area contributed by atoms with E-state index in [0.717, 1.165) is 38.5 Å². The minimum atomic E-state index is -4.55. The molecule has 1 unspecified atom stereocenters. The maximum Gasteiger partial charge on any atom is 0.268 e. The molecule has 0 radical (unpaired) electrons. The standard InChI is InChI=1S/C42H87N2O6P/c1-6-8-10-12-14-16-18-20-21-22-23-24-26-28-30-32-34-36-42(46)43-40(39-50-51(47,48)49-38-37-44(3,4)5)41(45)35-33-31-29-27-25-19-17-15-13-11-9-7-2/h40-41,45H,6-39H2,1-5H3,(H-,43,46,47,48)/t40-,41+/m0/s1. The molecule has 0 aromatic carbocycles. The van der Waals surface area contributed by atoms with Gasteiger partial charge in [-0.15, -0.1) is 0 Å². The number of aliphatic hydroxyl groups is 1. The molecular weight excluding hydrogens is 659 g/mol. The van der Waals surface area contributed by atoms with E-state index in [1.807, 2.05) is 21.1 Å². The molecule has 0 aromatic heterocycles. The van der Waals surface area contributed by atoms with Gasteiger partial charge in [-0.1, -0.05) is 194 Å². The van der Waals surface area contributed by atoms with Crippen LogP contribution in [-0.2, 0) is 18.4 Å². The largest absolute Gasteiger partial charge is 0.756 e. The van der Waals surface area contributed by atoms with Gasteiger partial charge in [-0.05, 0) is 12.8 Å². The third-order valence-corrected chi connectivity index (χ3v) is 11.1. The molecular formula is C42H87N2O6P. The molecule has 1 amide bonds. The summed E-state index contributed by atoms with van der Waals surface area (Å²) in [4.78, 5) is 25.3. The summed E-state index contributed by atoms with van der Waals surface area (Å²) in [6.45, 7) is 4.73.